The van der Waals surface area contributed by atoms with Crippen molar-refractivity contribution in [2.45, 2.75) is 26.4 Å². The third-order valence-electron chi connectivity index (χ3n) is 2.49. The predicted molar refractivity (Wildman–Crippen MR) is 78.5 cm³/mol. The molecule has 0 spiro atoms. The van der Waals surface area contributed by atoms with Crippen LogP contribution in [0.3, 0.4) is 0 Å². The molecule has 2 atom stereocenters. The molecule has 0 saturated heterocycles. The van der Waals surface area contributed by atoms with Crippen molar-refractivity contribution in [2.24, 2.45) is 0 Å². The first-order valence-electron chi connectivity index (χ1n) is 6.43. The van der Waals surface area contributed by atoms with Crippen LogP contribution in [0.2, 0.25) is 0 Å². The third kappa shape index (κ3) is 5.88. The van der Waals surface area contributed by atoms with Gasteiger partial charge in [-0.15, -0.1) is 0 Å². The molecule has 0 aliphatic carbocycles. The van der Waals surface area contributed by atoms with Crippen molar-refractivity contribution in [1.29, 1.82) is 0 Å². The molecule has 0 aliphatic rings. The fourth-order valence-corrected chi connectivity index (χ4v) is 2.62. The number of phosphoric acid groups is 1. The second-order valence-corrected chi connectivity index (χ2v) is 5.92. The number of benzene rings is 1. The smallest absolute Gasteiger partial charge is 0.474 e. The minimum Gasteiger partial charge on any atom is -0.508 e. The Labute approximate surface area is 119 Å². The molecule has 1 N–H and O–H groups in total. The van der Waals surface area contributed by atoms with E-state index in [1.54, 1.807) is 38.1 Å². The minimum atomic E-state index is -3.44. The Morgan fingerprint density at radius 1 is 1.35 bits per heavy atom. The van der Waals surface area contributed by atoms with E-state index in [1.165, 1.54) is 7.11 Å². The monoisotopic (exact) mass is 300 g/mol. The molecular formula is C14H21O5P. The molecule has 112 valence electrons. The van der Waals surface area contributed by atoms with Crippen molar-refractivity contribution in [2.75, 3.05) is 13.7 Å². The zero-order chi connectivity index (χ0) is 15.0. The summed E-state index contributed by atoms with van der Waals surface area (Å²) in [6.45, 7) is 3.79. The lowest BCUT2D eigenvalue weighted by molar-refractivity contribution is 0.103. The topological polar surface area (TPSA) is 65.0 Å². The number of rotatable bonds is 8. The highest BCUT2D eigenvalue weighted by Gasteiger charge is 2.26. The van der Waals surface area contributed by atoms with Crippen molar-refractivity contribution >= 4 is 13.9 Å². The van der Waals surface area contributed by atoms with Crippen LogP contribution in [0.15, 0.2) is 30.3 Å². The van der Waals surface area contributed by atoms with Crippen molar-refractivity contribution in [1.82, 2.24) is 0 Å². The Balaban J connectivity index is 2.48. The van der Waals surface area contributed by atoms with Gasteiger partial charge in [-0.1, -0.05) is 24.3 Å². The van der Waals surface area contributed by atoms with E-state index in [1.807, 2.05) is 12.2 Å². The maximum absolute atomic E-state index is 11.9. The van der Waals surface area contributed by atoms with E-state index in [9.17, 15) is 9.67 Å². The summed E-state index contributed by atoms with van der Waals surface area (Å²) in [7, 11) is -2.14. The van der Waals surface area contributed by atoms with Gasteiger partial charge in [0, 0.05) is 7.11 Å². The molecule has 0 aromatic heterocycles. The highest BCUT2D eigenvalue weighted by molar-refractivity contribution is 7.48. The van der Waals surface area contributed by atoms with Gasteiger partial charge in [0.1, 0.15) is 5.75 Å². The first-order chi connectivity index (χ1) is 9.49. The Hall–Kier alpha value is -1.13. The Kier molecular flexibility index (Phi) is 6.96. The Morgan fingerprint density at radius 3 is 2.55 bits per heavy atom. The standard InChI is InChI=1S/C14H21O5P/c1-4-18-20(16,17-3)19-12(2)6-5-7-13-8-10-14(15)11-9-13/h5,7-12,15H,4,6H2,1-3H3/b7-5+. The molecule has 0 heterocycles. The molecule has 0 saturated carbocycles. The lowest BCUT2D eigenvalue weighted by Gasteiger charge is -2.18. The fraction of sp³-hybridized carbons (Fsp3) is 0.429. The van der Waals surface area contributed by atoms with Crippen LogP contribution in [-0.2, 0) is 18.1 Å². The molecule has 0 bridgehead atoms. The van der Waals surface area contributed by atoms with Gasteiger partial charge in [-0.25, -0.2) is 4.57 Å². The molecule has 1 aromatic rings. The zero-order valence-corrected chi connectivity index (χ0v) is 12.9. The van der Waals surface area contributed by atoms with Gasteiger partial charge in [0.05, 0.1) is 12.7 Å². The minimum absolute atomic E-state index is 0.233. The Morgan fingerprint density at radius 2 is 2.00 bits per heavy atom. The van der Waals surface area contributed by atoms with Gasteiger partial charge in [-0.2, -0.15) is 0 Å². The van der Waals surface area contributed by atoms with Crippen LogP contribution < -0.4 is 0 Å². The van der Waals surface area contributed by atoms with Gasteiger partial charge in [-0.3, -0.25) is 13.6 Å². The SMILES string of the molecule is CCOP(=O)(OC)OC(C)C/C=C/c1ccc(O)cc1. The van der Waals surface area contributed by atoms with Crippen LogP contribution in [0.25, 0.3) is 6.08 Å². The van der Waals surface area contributed by atoms with E-state index < -0.39 is 7.82 Å². The van der Waals surface area contributed by atoms with E-state index in [0.717, 1.165) is 5.56 Å². The van der Waals surface area contributed by atoms with Crippen molar-refractivity contribution in [3.8, 4) is 5.75 Å². The van der Waals surface area contributed by atoms with Gasteiger partial charge in [0.2, 0.25) is 0 Å². The number of aromatic hydroxyl groups is 1. The largest absolute Gasteiger partial charge is 0.508 e. The predicted octanol–water partition coefficient (Wildman–Crippen LogP) is 3.99. The molecule has 5 nitrogen and oxygen atoms in total. The molecule has 20 heavy (non-hydrogen) atoms. The molecule has 0 radical (unpaired) electrons. The fourth-order valence-electron chi connectivity index (χ4n) is 1.53. The molecule has 0 fully saturated rings. The van der Waals surface area contributed by atoms with Crippen LogP contribution in [-0.4, -0.2) is 24.9 Å². The van der Waals surface area contributed by atoms with Gasteiger partial charge in [0.15, 0.2) is 0 Å². The van der Waals surface area contributed by atoms with Gasteiger partial charge < -0.3 is 5.11 Å². The van der Waals surface area contributed by atoms with E-state index in [4.69, 9.17) is 13.6 Å². The molecule has 6 heteroatoms. The molecule has 2 unspecified atom stereocenters. The number of phenolic OH excluding ortho intramolecular Hbond substituents is 1. The van der Waals surface area contributed by atoms with Crippen LogP contribution in [0.4, 0.5) is 0 Å². The van der Waals surface area contributed by atoms with E-state index in [2.05, 4.69) is 0 Å². The molecule has 1 aromatic carbocycles. The molecule has 0 aliphatic heterocycles. The summed E-state index contributed by atoms with van der Waals surface area (Å²) in [6, 6.07) is 6.84. The summed E-state index contributed by atoms with van der Waals surface area (Å²) in [6.07, 6.45) is 4.09. The summed E-state index contributed by atoms with van der Waals surface area (Å²) in [5.41, 5.74) is 0.967. The van der Waals surface area contributed by atoms with Crippen molar-refractivity contribution < 1.29 is 23.2 Å². The highest BCUT2D eigenvalue weighted by atomic mass is 31.2. The quantitative estimate of drug-likeness (QED) is 0.735. The molecule has 1 rings (SSSR count). The second-order valence-electron chi connectivity index (χ2n) is 4.19. The second kappa shape index (κ2) is 8.22. The average molecular weight is 300 g/mol. The van der Waals surface area contributed by atoms with Crippen LogP contribution in [0.5, 0.6) is 5.75 Å². The summed E-state index contributed by atoms with van der Waals surface area (Å²) in [4.78, 5) is 0. The third-order valence-corrected chi connectivity index (χ3v) is 4.13. The summed E-state index contributed by atoms with van der Waals surface area (Å²) >= 11 is 0. The van der Waals surface area contributed by atoms with Crippen molar-refractivity contribution in [3.63, 3.8) is 0 Å². The molecule has 0 amide bonds. The number of phenols is 1. The summed E-state index contributed by atoms with van der Waals surface area (Å²) in [5.74, 6) is 0.233. The maximum atomic E-state index is 11.9. The van der Waals surface area contributed by atoms with Gasteiger partial charge in [-0.05, 0) is 38.0 Å². The van der Waals surface area contributed by atoms with Crippen LogP contribution >= 0.6 is 7.82 Å². The molecular weight excluding hydrogens is 279 g/mol. The van der Waals surface area contributed by atoms with Crippen LogP contribution in [0, 0.1) is 0 Å². The van der Waals surface area contributed by atoms with Crippen molar-refractivity contribution in [3.05, 3.63) is 35.9 Å². The van der Waals surface area contributed by atoms with Crippen LogP contribution in [0.1, 0.15) is 25.8 Å². The number of phosphoric ester groups is 1. The average Bonchev–Trinajstić information content (AvgIpc) is 2.41. The highest BCUT2D eigenvalue weighted by Crippen LogP contribution is 2.49. The first kappa shape index (κ1) is 16.9. The summed E-state index contributed by atoms with van der Waals surface area (Å²) in [5, 5.41) is 9.17. The van der Waals surface area contributed by atoms with Gasteiger partial charge in [0.25, 0.3) is 0 Å². The number of hydrogen-bond acceptors (Lipinski definition) is 5. The van der Waals surface area contributed by atoms with E-state index >= 15 is 0 Å². The van der Waals surface area contributed by atoms with E-state index in [-0.39, 0.29) is 18.5 Å². The lowest BCUT2D eigenvalue weighted by Crippen LogP contribution is -2.08. The number of hydrogen-bond donors (Lipinski definition) is 1. The Bertz CT molecular complexity index is 469. The normalized spacial score (nSPS) is 16.1. The summed E-state index contributed by atoms with van der Waals surface area (Å²) < 4.78 is 27.0. The lowest BCUT2D eigenvalue weighted by atomic mass is 10.2. The first-order valence-corrected chi connectivity index (χ1v) is 7.89. The maximum Gasteiger partial charge on any atom is 0.474 e. The van der Waals surface area contributed by atoms with Gasteiger partial charge >= 0.3 is 7.82 Å². The van der Waals surface area contributed by atoms with E-state index in [0.29, 0.717) is 6.42 Å². The zero-order valence-electron chi connectivity index (χ0n) is 12.0.